The first-order valence-electron chi connectivity index (χ1n) is 10.7. The van der Waals surface area contributed by atoms with Crippen molar-refractivity contribution < 1.29 is 4.79 Å². The molecule has 0 aliphatic rings. The molecule has 0 unspecified atom stereocenters. The number of aromatic nitrogens is 4. The Labute approximate surface area is 186 Å². The predicted molar refractivity (Wildman–Crippen MR) is 125 cm³/mol. The van der Waals surface area contributed by atoms with Crippen molar-refractivity contribution in [3.05, 3.63) is 87.5 Å². The monoisotopic (exact) mass is 429 g/mol. The lowest BCUT2D eigenvalue weighted by Gasteiger charge is -2.13. The Morgan fingerprint density at radius 3 is 2.50 bits per heavy atom. The van der Waals surface area contributed by atoms with Crippen LogP contribution in [0.5, 0.6) is 0 Å². The van der Waals surface area contributed by atoms with Gasteiger partial charge in [-0.2, -0.15) is 10.2 Å². The molecule has 0 radical (unpaired) electrons. The molecule has 0 saturated carbocycles. The van der Waals surface area contributed by atoms with E-state index in [1.807, 2.05) is 76.2 Å². The van der Waals surface area contributed by atoms with Gasteiger partial charge in [-0.1, -0.05) is 50.2 Å². The highest BCUT2D eigenvalue weighted by Gasteiger charge is 2.20. The second kappa shape index (κ2) is 8.78. The van der Waals surface area contributed by atoms with Gasteiger partial charge in [0.2, 0.25) is 5.91 Å². The molecule has 32 heavy (non-hydrogen) atoms. The fourth-order valence-electron chi connectivity index (χ4n) is 3.67. The summed E-state index contributed by atoms with van der Waals surface area (Å²) >= 11 is 0. The van der Waals surface area contributed by atoms with Crippen LogP contribution in [-0.4, -0.2) is 25.5 Å². The minimum Gasteiger partial charge on any atom is -0.350 e. The fourth-order valence-corrected chi connectivity index (χ4v) is 3.67. The molecule has 2 aromatic carbocycles. The number of carbonyl (C=O) groups excluding carboxylic acids is 1. The quantitative estimate of drug-likeness (QED) is 0.507. The van der Waals surface area contributed by atoms with Crippen molar-refractivity contribution in [2.24, 2.45) is 0 Å². The molecule has 0 atom stereocenters. The Morgan fingerprint density at radius 2 is 1.81 bits per heavy atom. The summed E-state index contributed by atoms with van der Waals surface area (Å²) in [7, 11) is 0. The first-order valence-corrected chi connectivity index (χ1v) is 10.7. The van der Waals surface area contributed by atoms with Crippen LogP contribution in [0, 0.1) is 13.8 Å². The van der Waals surface area contributed by atoms with Crippen molar-refractivity contribution in [3.63, 3.8) is 0 Å². The lowest BCUT2D eigenvalue weighted by Crippen LogP contribution is -2.34. The summed E-state index contributed by atoms with van der Waals surface area (Å²) in [5.41, 5.74) is 4.92. The number of benzene rings is 2. The molecule has 2 aromatic heterocycles. The fraction of sp³-hybridized carbons (Fsp3) is 0.280. The number of hydrogen-bond acceptors (Lipinski definition) is 4. The van der Waals surface area contributed by atoms with E-state index in [2.05, 4.69) is 15.5 Å². The predicted octanol–water partition coefficient (Wildman–Crippen LogP) is 3.64. The van der Waals surface area contributed by atoms with Gasteiger partial charge < -0.3 is 5.32 Å². The van der Waals surface area contributed by atoms with Crippen LogP contribution in [0.4, 0.5) is 0 Å². The lowest BCUT2D eigenvalue weighted by atomic mass is 10.1. The molecule has 7 heteroatoms. The van der Waals surface area contributed by atoms with Gasteiger partial charge >= 0.3 is 0 Å². The maximum atomic E-state index is 13.4. The van der Waals surface area contributed by atoms with E-state index in [1.54, 1.807) is 10.9 Å². The van der Waals surface area contributed by atoms with Crippen molar-refractivity contribution in [3.8, 4) is 5.69 Å². The summed E-state index contributed by atoms with van der Waals surface area (Å²) in [6, 6.07) is 15.6. The van der Waals surface area contributed by atoms with Crippen molar-refractivity contribution in [1.82, 2.24) is 24.9 Å². The maximum absolute atomic E-state index is 13.4. The second-order valence-electron chi connectivity index (χ2n) is 8.35. The minimum atomic E-state index is -0.338. The van der Waals surface area contributed by atoms with Gasteiger partial charge in [0.15, 0.2) is 0 Å². The molecule has 4 aromatic rings. The Hall–Kier alpha value is -3.74. The molecule has 0 fully saturated rings. The second-order valence-corrected chi connectivity index (χ2v) is 8.35. The summed E-state index contributed by atoms with van der Waals surface area (Å²) in [6.45, 7) is 8.34. The summed E-state index contributed by atoms with van der Waals surface area (Å²) in [6.07, 6.45) is 1.69. The SMILES string of the molecule is Cc1ccc(-n2ncc3c(C(C)C)nn(CC(=O)NCc4ccccc4)c(=O)c32)cc1C. The van der Waals surface area contributed by atoms with Crippen LogP contribution < -0.4 is 10.9 Å². The largest absolute Gasteiger partial charge is 0.350 e. The molecule has 0 saturated heterocycles. The summed E-state index contributed by atoms with van der Waals surface area (Å²) < 4.78 is 2.90. The third-order valence-corrected chi connectivity index (χ3v) is 5.62. The number of nitrogens with one attached hydrogen (secondary N) is 1. The topological polar surface area (TPSA) is 81.8 Å². The Balaban J connectivity index is 1.73. The number of nitrogens with zero attached hydrogens (tertiary/aromatic N) is 4. The number of hydrogen-bond donors (Lipinski definition) is 1. The molecule has 2 heterocycles. The van der Waals surface area contributed by atoms with E-state index in [-0.39, 0.29) is 23.9 Å². The molecule has 0 bridgehead atoms. The lowest BCUT2D eigenvalue weighted by molar-refractivity contribution is -0.122. The maximum Gasteiger partial charge on any atom is 0.293 e. The van der Waals surface area contributed by atoms with E-state index in [9.17, 15) is 9.59 Å². The number of fused-ring (bicyclic) bond motifs is 1. The molecule has 164 valence electrons. The zero-order valence-corrected chi connectivity index (χ0v) is 18.8. The molecule has 0 aliphatic carbocycles. The highest BCUT2D eigenvalue weighted by Crippen LogP contribution is 2.23. The first kappa shape index (κ1) is 21.5. The van der Waals surface area contributed by atoms with Crippen LogP contribution >= 0.6 is 0 Å². The number of amides is 1. The zero-order valence-electron chi connectivity index (χ0n) is 18.8. The van der Waals surface area contributed by atoms with Gasteiger partial charge in [-0.25, -0.2) is 9.36 Å². The van der Waals surface area contributed by atoms with Gasteiger partial charge in [0, 0.05) is 11.9 Å². The number of rotatable bonds is 6. The molecule has 0 spiro atoms. The van der Waals surface area contributed by atoms with Crippen LogP contribution in [0.25, 0.3) is 16.6 Å². The molecular formula is C25H27N5O2. The van der Waals surface area contributed by atoms with Crippen molar-refractivity contribution >= 4 is 16.8 Å². The van der Waals surface area contributed by atoms with Gasteiger partial charge in [0.1, 0.15) is 12.1 Å². The smallest absolute Gasteiger partial charge is 0.293 e. The highest BCUT2D eigenvalue weighted by atomic mass is 16.2. The van der Waals surface area contributed by atoms with Crippen LogP contribution in [0.1, 0.15) is 42.1 Å². The molecular weight excluding hydrogens is 402 g/mol. The summed E-state index contributed by atoms with van der Waals surface area (Å²) in [5.74, 6) is -0.205. The van der Waals surface area contributed by atoms with Crippen molar-refractivity contribution in [1.29, 1.82) is 0 Å². The average Bonchev–Trinajstić information content (AvgIpc) is 3.22. The Bertz CT molecular complexity index is 1340. The number of carbonyl (C=O) groups is 1. The average molecular weight is 430 g/mol. The zero-order chi connectivity index (χ0) is 22.8. The number of aryl methyl sites for hydroxylation is 2. The van der Waals surface area contributed by atoms with Crippen LogP contribution in [0.3, 0.4) is 0 Å². The van der Waals surface area contributed by atoms with Crippen LogP contribution in [0.2, 0.25) is 0 Å². The van der Waals surface area contributed by atoms with Crippen molar-refractivity contribution in [2.45, 2.75) is 46.7 Å². The summed E-state index contributed by atoms with van der Waals surface area (Å²) in [4.78, 5) is 26.0. The molecule has 4 rings (SSSR count). The van der Waals surface area contributed by atoms with Crippen molar-refractivity contribution in [2.75, 3.05) is 0 Å². The van der Waals surface area contributed by atoms with Gasteiger partial charge in [-0.3, -0.25) is 9.59 Å². The van der Waals surface area contributed by atoms with Crippen LogP contribution in [-0.2, 0) is 17.9 Å². The Morgan fingerprint density at radius 1 is 1.06 bits per heavy atom. The molecule has 7 nitrogen and oxygen atoms in total. The highest BCUT2D eigenvalue weighted by molar-refractivity contribution is 5.82. The normalized spacial score (nSPS) is 11.3. The minimum absolute atomic E-state index is 0.0640. The molecule has 1 N–H and O–H groups in total. The third kappa shape index (κ3) is 4.19. The first-order chi connectivity index (χ1) is 15.3. The van der Waals surface area contributed by atoms with Crippen LogP contribution in [0.15, 0.2) is 59.5 Å². The summed E-state index contributed by atoms with van der Waals surface area (Å²) in [5, 5.41) is 12.6. The molecule has 0 aliphatic heterocycles. The van der Waals surface area contributed by atoms with E-state index in [1.165, 1.54) is 10.2 Å². The standard InChI is InChI=1S/C25H27N5O2/c1-16(2)23-21-14-27-30(20-11-10-17(3)18(4)12-20)24(21)25(32)29(28-23)15-22(31)26-13-19-8-6-5-7-9-19/h5-12,14,16H,13,15H2,1-4H3,(H,26,31). The van der Waals surface area contributed by atoms with Gasteiger partial charge in [0.25, 0.3) is 5.56 Å². The van der Waals surface area contributed by atoms with E-state index in [4.69, 9.17) is 0 Å². The third-order valence-electron chi connectivity index (χ3n) is 5.62. The molecule has 1 amide bonds. The van der Waals surface area contributed by atoms with Gasteiger partial charge in [-0.05, 0) is 48.6 Å². The van der Waals surface area contributed by atoms with E-state index < -0.39 is 0 Å². The van der Waals surface area contributed by atoms with E-state index >= 15 is 0 Å². The van der Waals surface area contributed by atoms with E-state index in [0.717, 1.165) is 22.5 Å². The Kier molecular flexibility index (Phi) is 5.90. The van der Waals surface area contributed by atoms with Gasteiger partial charge in [0.05, 0.1) is 17.6 Å². The van der Waals surface area contributed by atoms with Gasteiger partial charge in [-0.15, -0.1) is 0 Å². The van der Waals surface area contributed by atoms with E-state index in [0.29, 0.717) is 17.4 Å².